The first-order valence-corrected chi connectivity index (χ1v) is 9.27. The number of carbonyl (C=O) groups is 2. The van der Waals surface area contributed by atoms with Crippen molar-refractivity contribution in [2.45, 2.75) is 31.3 Å². The second kappa shape index (κ2) is 9.28. The summed E-state index contributed by atoms with van der Waals surface area (Å²) in [6.07, 6.45) is -0.0555. The molecule has 0 radical (unpaired) electrons. The van der Waals surface area contributed by atoms with Gasteiger partial charge in [0.2, 0.25) is 5.91 Å². The maximum Gasteiger partial charge on any atom is 0.307 e. The second-order valence-electron chi connectivity index (χ2n) is 6.22. The monoisotopic (exact) mass is 357 g/mol. The Labute approximate surface area is 152 Å². The van der Waals surface area contributed by atoms with E-state index in [2.05, 4.69) is 17.4 Å². The summed E-state index contributed by atoms with van der Waals surface area (Å²) >= 11 is 1.62. The Morgan fingerprint density at radius 3 is 2.36 bits per heavy atom. The Balaban J connectivity index is 2.01. The molecule has 4 nitrogen and oxygen atoms in total. The minimum absolute atomic E-state index is 0.0524. The van der Waals surface area contributed by atoms with Gasteiger partial charge in [-0.3, -0.25) is 9.59 Å². The molecule has 2 N–H and O–H groups in total. The quantitative estimate of drug-likeness (QED) is 0.743. The van der Waals surface area contributed by atoms with Gasteiger partial charge in [0.15, 0.2) is 0 Å². The van der Waals surface area contributed by atoms with Gasteiger partial charge in [0.1, 0.15) is 0 Å². The van der Waals surface area contributed by atoms with Gasteiger partial charge in [-0.25, -0.2) is 0 Å². The molecule has 25 heavy (non-hydrogen) atoms. The van der Waals surface area contributed by atoms with Crippen molar-refractivity contribution in [3.8, 4) is 0 Å². The van der Waals surface area contributed by atoms with Gasteiger partial charge in [0, 0.05) is 11.4 Å². The number of thioether (sulfide) groups is 1. The third-order valence-electron chi connectivity index (χ3n) is 3.69. The molecule has 0 fully saturated rings. The molecular formula is C20H23NO3S. The summed E-state index contributed by atoms with van der Waals surface area (Å²) in [5.41, 5.74) is 2.49. The van der Waals surface area contributed by atoms with E-state index < -0.39 is 5.97 Å². The predicted octanol–water partition coefficient (Wildman–Crippen LogP) is 4.21. The molecule has 132 valence electrons. The number of carboxylic acids is 1. The fourth-order valence-electron chi connectivity index (χ4n) is 2.48. The van der Waals surface area contributed by atoms with Crippen LogP contribution in [-0.2, 0) is 21.8 Å². The zero-order valence-electron chi connectivity index (χ0n) is 14.4. The maximum absolute atomic E-state index is 12.7. The van der Waals surface area contributed by atoms with Crippen LogP contribution in [0.1, 0.15) is 25.0 Å². The topological polar surface area (TPSA) is 66.4 Å². The van der Waals surface area contributed by atoms with Crippen LogP contribution in [0, 0.1) is 5.92 Å². The molecule has 2 rings (SSSR count). The summed E-state index contributed by atoms with van der Waals surface area (Å²) in [7, 11) is 0. The average molecular weight is 357 g/mol. The van der Waals surface area contributed by atoms with Crippen molar-refractivity contribution in [1.29, 1.82) is 0 Å². The lowest BCUT2D eigenvalue weighted by atomic mass is 10.1. The summed E-state index contributed by atoms with van der Waals surface area (Å²) in [5.74, 6) is 0.0251. The molecule has 0 spiro atoms. The lowest BCUT2D eigenvalue weighted by Crippen LogP contribution is -2.29. The number of nitrogens with one attached hydrogen (secondary N) is 1. The van der Waals surface area contributed by atoms with Crippen LogP contribution in [0.3, 0.4) is 0 Å². The van der Waals surface area contributed by atoms with Gasteiger partial charge in [-0.1, -0.05) is 56.3 Å². The summed E-state index contributed by atoms with van der Waals surface area (Å²) in [6.45, 7) is 4.06. The number of amides is 1. The smallest absolute Gasteiger partial charge is 0.307 e. The normalized spacial score (nSPS) is 12.0. The lowest BCUT2D eigenvalue weighted by molar-refractivity contribution is -0.136. The Morgan fingerprint density at radius 2 is 1.72 bits per heavy atom. The number of carbonyl (C=O) groups excluding carboxylic acids is 1. The Hall–Kier alpha value is -2.27. The molecule has 1 unspecified atom stereocenters. The molecule has 0 heterocycles. The standard InChI is InChI=1S/C20H23NO3S/c1-14(2)19(25-13-15-7-4-3-5-8-15)20(24)21-17-10-6-9-16(11-17)12-18(22)23/h3-11,14,19H,12-13H2,1-2H3,(H,21,24)(H,22,23). The van der Waals surface area contributed by atoms with E-state index >= 15 is 0 Å². The van der Waals surface area contributed by atoms with E-state index in [4.69, 9.17) is 5.11 Å². The van der Waals surface area contributed by atoms with Gasteiger partial charge >= 0.3 is 5.97 Å². The maximum atomic E-state index is 12.7. The Morgan fingerprint density at radius 1 is 1.04 bits per heavy atom. The van der Waals surface area contributed by atoms with Crippen LogP contribution in [0.5, 0.6) is 0 Å². The van der Waals surface area contributed by atoms with Gasteiger partial charge in [0.25, 0.3) is 0 Å². The SMILES string of the molecule is CC(C)C(SCc1ccccc1)C(=O)Nc1cccc(CC(=O)O)c1. The first kappa shape index (κ1) is 19.1. The van der Waals surface area contributed by atoms with Gasteiger partial charge < -0.3 is 10.4 Å². The van der Waals surface area contributed by atoms with E-state index in [-0.39, 0.29) is 23.5 Å². The first-order chi connectivity index (χ1) is 12.0. The van der Waals surface area contributed by atoms with Crippen molar-refractivity contribution in [1.82, 2.24) is 0 Å². The molecule has 0 saturated heterocycles. The van der Waals surface area contributed by atoms with Crippen LogP contribution < -0.4 is 5.32 Å². The highest BCUT2D eigenvalue weighted by Gasteiger charge is 2.23. The predicted molar refractivity (Wildman–Crippen MR) is 103 cm³/mol. The summed E-state index contributed by atoms with van der Waals surface area (Å²) in [4.78, 5) is 23.5. The molecule has 0 aliphatic carbocycles. The van der Waals surface area contributed by atoms with Gasteiger partial charge in [0.05, 0.1) is 11.7 Å². The average Bonchev–Trinajstić information content (AvgIpc) is 2.55. The minimum Gasteiger partial charge on any atom is -0.481 e. The lowest BCUT2D eigenvalue weighted by Gasteiger charge is -2.20. The highest BCUT2D eigenvalue weighted by atomic mass is 32.2. The Bertz CT molecular complexity index is 716. The van der Waals surface area contributed by atoms with Crippen LogP contribution in [0.4, 0.5) is 5.69 Å². The van der Waals surface area contributed by atoms with Crippen molar-refractivity contribution in [2.24, 2.45) is 5.92 Å². The minimum atomic E-state index is -0.887. The molecule has 0 aliphatic rings. The van der Waals surface area contributed by atoms with Crippen molar-refractivity contribution >= 4 is 29.3 Å². The van der Waals surface area contributed by atoms with Crippen LogP contribution in [0.2, 0.25) is 0 Å². The third kappa shape index (κ3) is 6.27. The number of hydrogen-bond acceptors (Lipinski definition) is 3. The second-order valence-corrected chi connectivity index (χ2v) is 7.35. The summed E-state index contributed by atoms with van der Waals surface area (Å²) in [5, 5.41) is 11.6. The molecule has 2 aromatic rings. The van der Waals surface area contributed by atoms with E-state index in [1.54, 1.807) is 36.0 Å². The van der Waals surface area contributed by atoms with Crippen molar-refractivity contribution in [2.75, 3.05) is 5.32 Å². The van der Waals surface area contributed by atoms with Crippen molar-refractivity contribution in [3.63, 3.8) is 0 Å². The molecule has 1 atom stereocenters. The number of carboxylic acid groups (broad SMARTS) is 1. The fraction of sp³-hybridized carbons (Fsp3) is 0.300. The molecule has 0 aliphatic heterocycles. The fourth-order valence-corrected chi connectivity index (χ4v) is 3.64. The number of benzene rings is 2. The van der Waals surface area contributed by atoms with E-state index in [1.807, 2.05) is 32.0 Å². The van der Waals surface area contributed by atoms with Crippen LogP contribution >= 0.6 is 11.8 Å². The van der Waals surface area contributed by atoms with E-state index in [1.165, 1.54) is 5.56 Å². The highest BCUT2D eigenvalue weighted by molar-refractivity contribution is 7.99. The third-order valence-corrected chi connectivity index (χ3v) is 5.30. The van der Waals surface area contributed by atoms with Crippen LogP contribution in [0.15, 0.2) is 54.6 Å². The summed E-state index contributed by atoms with van der Waals surface area (Å²) < 4.78 is 0. The number of aliphatic carboxylic acids is 1. The number of hydrogen-bond donors (Lipinski definition) is 2. The zero-order valence-corrected chi connectivity index (χ0v) is 15.3. The molecular weight excluding hydrogens is 334 g/mol. The molecule has 0 aromatic heterocycles. The van der Waals surface area contributed by atoms with Crippen LogP contribution in [-0.4, -0.2) is 22.2 Å². The largest absolute Gasteiger partial charge is 0.481 e. The molecule has 1 amide bonds. The zero-order chi connectivity index (χ0) is 18.2. The van der Waals surface area contributed by atoms with Gasteiger partial charge in [-0.05, 0) is 29.2 Å². The van der Waals surface area contributed by atoms with E-state index in [0.29, 0.717) is 11.3 Å². The van der Waals surface area contributed by atoms with Crippen molar-refractivity contribution in [3.05, 3.63) is 65.7 Å². The van der Waals surface area contributed by atoms with E-state index in [0.717, 1.165) is 5.75 Å². The molecule has 5 heteroatoms. The van der Waals surface area contributed by atoms with Gasteiger partial charge in [-0.2, -0.15) is 0 Å². The highest BCUT2D eigenvalue weighted by Crippen LogP contribution is 2.25. The van der Waals surface area contributed by atoms with E-state index in [9.17, 15) is 9.59 Å². The molecule has 0 bridgehead atoms. The van der Waals surface area contributed by atoms with Crippen LogP contribution in [0.25, 0.3) is 0 Å². The number of rotatable bonds is 8. The molecule has 0 saturated carbocycles. The summed E-state index contributed by atoms with van der Waals surface area (Å²) in [6, 6.07) is 17.1. The van der Waals surface area contributed by atoms with Gasteiger partial charge in [-0.15, -0.1) is 11.8 Å². The molecule has 2 aromatic carbocycles. The number of anilines is 1. The Kier molecular flexibility index (Phi) is 7.07. The van der Waals surface area contributed by atoms with Crippen molar-refractivity contribution < 1.29 is 14.7 Å². The first-order valence-electron chi connectivity index (χ1n) is 8.23.